The number of H-pyrrole nitrogens is 1. The molecular formula is C22H23N3O4. The van der Waals surface area contributed by atoms with Crippen molar-refractivity contribution in [2.75, 3.05) is 6.54 Å². The predicted octanol–water partition coefficient (Wildman–Crippen LogP) is 3.01. The van der Waals surface area contributed by atoms with Gasteiger partial charge < -0.3 is 25.1 Å². The third-order valence-electron chi connectivity index (χ3n) is 5.65. The van der Waals surface area contributed by atoms with Gasteiger partial charge in [0.25, 0.3) is 5.56 Å². The Balaban J connectivity index is 2.01. The number of carbonyl (C=O) groups is 1. The summed E-state index contributed by atoms with van der Waals surface area (Å²) in [6, 6.07) is 6.18. The molecule has 0 saturated carbocycles. The number of aromatic hydroxyl groups is 1. The minimum Gasteiger partial charge on any atom is -0.506 e. The van der Waals surface area contributed by atoms with Gasteiger partial charge >= 0.3 is 5.97 Å². The van der Waals surface area contributed by atoms with Crippen LogP contribution in [0.25, 0.3) is 27.7 Å². The lowest BCUT2D eigenvalue weighted by Crippen LogP contribution is -2.20. The summed E-state index contributed by atoms with van der Waals surface area (Å²) in [5.74, 6) is -1.91. The lowest BCUT2D eigenvalue weighted by atomic mass is 9.96. The third kappa shape index (κ3) is 2.94. The summed E-state index contributed by atoms with van der Waals surface area (Å²) >= 11 is 0. The maximum atomic E-state index is 12.4. The fourth-order valence-electron chi connectivity index (χ4n) is 4.02. The summed E-state index contributed by atoms with van der Waals surface area (Å²) in [5, 5.41) is 24.2. The van der Waals surface area contributed by atoms with E-state index in [9.17, 15) is 19.8 Å². The first-order valence-corrected chi connectivity index (χ1v) is 9.55. The summed E-state index contributed by atoms with van der Waals surface area (Å²) in [6.45, 7) is 5.66. The molecule has 0 bridgehead atoms. The van der Waals surface area contributed by atoms with E-state index in [0.717, 1.165) is 46.4 Å². The third-order valence-corrected chi connectivity index (χ3v) is 5.65. The number of benzene rings is 1. The van der Waals surface area contributed by atoms with Gasteiger partial charge in [0.2, 0.25) is 0 Å². The van der Waals surface area contributed by atoms with Crippen LogP contribution < -0.4 is 10.9 Å². The molecule has 4 rings (SSSR count). The number of hydrogen-bond acceptors (Lipinski definition) is 4. The van der Waals surface area contributed by atoms with Gasteiger partial charge in [0, 0.05) is 41.3 Å². The standard InChI is InChI=1S/C22H23N3O4/c1-4-23-10-13-7-12-8-16-15(9-17(12)25(13)3)11(2)5-6-14-19(16)24-21(27)18(20(14)26)22(28)29/h5,7-9,23H,4,6,10H2,1-3H3,(H,28,29)(H2,24,26,27). The molecule has 0 unspecified atom stereocenters. The molecule has 4 N–H and O–H groups in total. The van der Waals surface area contributed by atoms with E-state index in [1.54, 1.807) is 0 Å². The highest BCUT2D eigenvalue weighted by Crippen LogP contribution is 2.40. The molecule has 0 amide bonds. The Morgan fingerprint density at radius 2 is 2.03 bits per heavy atom. The van der Waals surface area contributed by atoms with Gasteiger partial charge in [-0.25, -0.2) is 4.79 Å². The SMILES string of the molecule is CCNCc1cc2cc3c(cc2n1C)C(C)=CCc1c-3[nH]c(=O)c(C(=O)O)c1O. The second kappa shape index (κ2) is 6.93. The monoisotopic (exact) mass is 393 g/mol. The van der Waals surface area contributed by atoms with Gasteiger partial charge in [-0.1, -0.05) is 13.0 Å². The van der Waals surface area contributed by atoms with Gasteiger partial charge in [-0.2, -0.15) is 0 Å². The smallest absolute Gasteiger partial charge is 0.345 e. The Kier molecular flexibility index (Phi) is 4.55. The molecule has 150 valence electrons. The average molecular weight is 393 g/mol. The number of nitrogens with zero attached hydrogens (tertiary/aromatic N) is 1. The van der Waals surface area contributed by atoms with Crippen LogP contribution in [0, 0.1) is 0 Å². The Morgan fingerprint density at radius 3 is 2.72 bits per heavy atom. The van der Waals surface area contributed by atoms with Gasteiger partial charge in [-0.05, 0) is 49.2 Å². The Labute approximate surface area is 167 Å². The largest absolute Gasteiger partial charge is 0.506 e. The maximum absolute atomic E-state index is 12.4. The maximum Gasteiger partial charge on any atom is 0.345 e. The van der Waals surface area contributed by atoms with Crippen LogP contribution in [0.5, 0.6) is 5.75 Å². The van der Waals surface area contributed by atoms with Crippen LogP contribution in [0.1, 0.15) is 41.0 Å². The van der Waals surface area contributed by atoms with E-state index in [1.165, 1.54) is 0 Å². The number of carboxylic acids is 1. The molecule has 0 aliphatic heterocycles. The summed E-state index contributed by atoms with van der Waals surface area (Å²) < 4.78 is 2.14. The van der Waals surface area contributed by atoms with E-state index in [4.69, 9.17) is 0 Å². The molecule has 29 heavy (non-hydrogen) atoms. The lowest BCUT2D eigenvalue weighted by Gasteiger charge is -2.14. The van der Waals surface area contributed by atoms with Gasteiger partial charge in [0.1, 0.15) is 5.75 Å². The summed E-state index contributed by atoms with van der Waals surface area (Å²) in [5.41, 5.74) is 4.41. The molecule has 0 fully saturated rings. The lowest BCUT2D eigenvalue weighted by molar-refractivity contribution is 0.0691. The second-order valence-corrected chi connectivity index (χ2v) is 7.36. The zero-order valence-electron chi connectivity index (χ0n) is 16.6. The molecule has 1 aliphatic rings. The molecule has 1 aliphatic carbocycles. The van der Waals surface area contributed by atoms with E-state index >= 15 is 0 Å². The normalized spacial score (nSPS) is 13.0. The first kappa shape index (κ1) is 19.0. The van der Waals surface area contributed by atoms with Crippen LogP contribution >= 0.6 is 0 Å². The zero-order chi connectivity index (χ0) is 20.9. The van der Waals surface area contributed by atoms with Crippen molar-refractivity contribution in [2.24, 2.45) is 7.05 Å². The molecule has 0 saturated heterocycles. The highest BCUT2D eigenvalue weighted by Gasteiger charge is 2.25. The van der Waals surface area contributed by atoms with E-state index in [0.29, 0.717) is 17.7 Å². The molecule has 7 heteroatoms. The minimum atomic E-state index is -1.44. The first-order chi connectivity index (χ1) is 13.8. The number of aromatic carboxylic acids is 1. The van der Waals surface area contributed by atoms with Gasteiger partial charge in [0.05, 0.1) is 5.69 Å². The number of fused-ring (bicyclic) bond motifs is 4. The van der Waals surface area contributed by atoms with E-state index in [2.05, 4.69) is 33.9 Å². The number of aromatic amines is 1. The molecule has 0 atom stereocenters. The summed E-state index contributed by atoms with van der Waals surface area (Å²) in [4.78, 5) is 26.5. The number of aryl methyl sites for hydroxylation is 1. The van der Waals surface area contributed by atoms with Crippen LogP contribution in [0.4, 0.5) is 0 Å². The summed E-state index contributed by atoms with van der Waals surface area (Å²) in [6.07, 6.45) is 2.28. The number of nitrogens with one attached hydrogen (secondary N) is 2. The fraction of sp³-hybridized carbons (Fsp3) is 0.273. The highest BCUT2D eigenvalue weighted by molar-refractivity contribution is 5.96. The minimum absolute atomic E-state index is 0.334. The summed E-state index contributed by atoms with van der Waals surface area (Å²) in [7, 11) is 2.03. The predicted molar refractivity (Wildman–Crippen MR) is 112 cm³/mol. The molecule has 1 aromatic carbocycles. The van der Waals surface area contributed by atoms with Crippen molar-refractivity contribution in [1.82, 2.24) is 14.9 Å². The van der Waals surface area contributed by atoms with Crippen molar-refractivity contribution in [3.05, 3.63) is 57.0 Å². The zero-order valence-corrected chi connectivity index (χ0v) is 16.6. The van der Waals surface area contributed by atoms with Crippen LogP contribution in [0.15, 0.2) is 29.1 Å². The number of carboxylic acid groups (broad SMARTS) is 1. The molecule has 2 aromatic heterocycles. The van der Waals surface area contributed by atoms with Gasteiger partial charge in [0.15, 0.2) is 5.56 Å². The molecule has 0 spiro atoms. The number of hydrogen-bond donors (Lipinski definition) is 4. The van der Waals surface area contributed by atoms with Crippen molar-refractivity contribution >= 4 is 22.4 Å². The van der Waals surface area contributed by atoms with E-state index in [1.807, 2.05) is 26.1 Å². The molecule has 7 nitrogen and oxygen atoms in total. The number of rotatable bonds is 4. The number of allylic oxidation sites excluding steroid dienone is 2. The first-order valence-electron chi connectivity index (χ1n) is 9.55. The van der Waals surface area contributed by atoms with Crippen LogP contribution in [-0.4, -0.2) is 32.3 Å². The molecule has 3 aromatic rings. The van der Waals surface area contributed by atoms with Gasteiger partial charge in [-0.15, -0.1) is 0 Å². The highest BCUT2D eigenvalue weighted by atomic mass is 16.4. The van der Waals surface area contributed by atoms with Crippen molar-refractivity contribution in [3.8, 4) is 17.0 Å². The second-order valence-electron chi connectivity index (χ2n) is 7.36. The van der Waals surface area contributed by atoms with Crippen molar-refractivity contribution < 1.29 is 15.0 Å². The molecule has 0 radical (unpaired) electrons. The fourth-order valence-corrected chi connectivity index (χ4v) is 4.02. The van der Waals surface area contributed by atoms with E-state index < -0.39 is 22.8 Å². The van der Waals surface area contributed by atoms with E-state index in [-0.39, 0.29) is 0 Å². The van der Waals surface area contributed by atoms with Crippen molar-refractivity contribution in [3.63, 3.8) is 0 Å². The Bertz CT molecular complexity index is 1250. The van der Waals surface area contributed by atoms with Crippen molar-refractivity contribution in [2.45, 2.75) is 26.8 Å². The Hall–Kier alpha value is -3.32. The van der Waals surface area contributed by atoms with Crippen molar-refractivity contribution in [1.29, 1.82) is 0 Å². The quantitative estimate of drug-likeness (QED) is 0.545. The van der Waals surface area contributed by atoms with Gasteiger partial charge in [-0.3, -0.25) is 4.79 Å². The van der Waals surface area contributed by atoms with Crippen LogP contribution in [0.3, 0.4) is 0 Å². The average Bonchev–Trinajstić information content (AvgIpc) is 2.91. The molecular weight excluding hydrogens is 370 g/mol. The molecule has 2 heterocycles. The number of pyridine rings is 1. The topological polar surface area (TPSA) is 107 Å². The number of aromatic nitrogens is 2. The van der Waals surface area contributed by atoms with Crippen LogP contribution in [0.2, 0.25) is 0 Å². The van der Waals surface area contributed by atoms with Crippen LogP contribution in [-0.2, 0) is 20.0 Å². The Morgan fingerprint density at radius 1 is 1.28 bits per heavy atom.